The van der Waals surface area contributed by atoms with E-state index in [1.165, 1.54) is 28.4 Å². The van der Waals surface area contributed by atoms with Crippen molar-refractivity contribution in [2.24, 2.45) is 5.41 Å². The Bertz CT molecular complexity index is 2700. The standard InChI is InChI=1S/C52H59FN6O8S2/c1-33-47(68-32-55-33)35-7-5-34(6-8-35)29-54-50(63)43-27-39(61)30-59(43)51(64)49(52(2,3)4)56-45(62)31-65-25-23-57-19-21-58(22-20-57)24-26-66-40-14-16-41(17-15-40)67-46-42-18-13-38(60)28-44(42)69-48(46)36-9-11-37(53)12-10-36/h5-18,28,32,39,43,49,60-61H,19-27,29-31H2,1-4H3,(H,54,63)(H,56,62)/t39-,43+,49?/m1/s1. The van der Waals surface area contributed by atoms with Gasteiger partial charge in [-0.15, -0.1) is 22.7 Å². The van der Waals surface area contributed by atoms with Gasteiger partial charge in [-0.1, -0.05) is 57.2 Å². The third-order valence-corrected chi connectivity index (χ3v) is 14.6. The first-order valence-electron chi connectivity index (χ1n) is 23.2. The number of nitrogens with one attached hydrogen (secondary N) is 2. The lowest BCUT2D eigenvalue weighted by molar-refractivity contribution is -0.144. The summed E-state index contributed by atoms with van der Waals surface area (Å²) in [6, 6.07) is 24.9. The second kappa shape index (κ2) is 22.2. The van der Waals surface area contributed by atoms with Crippen molar-refractivity contribution < 1.29 is 43.2 Å². The summed E-state index contributed by atoms with van der Waals surface area (Å²) in [5.74, 6) is 0.614. The Morgan fingerprint density at radius 3 is 2.19 bits per heavy atom. The number of thiazole rings is 1. The van der Waals surface area contributed by atoms with Crippen LogP contribution < -0.4 is 20.1 Å². The van der Waals surface area contributed by atoms with Crippen molar-refractivity contribution in [3.63, 3.8) is 0 Å². The molecule has 14 nitrogen and oxygen atoms in total. The number of hydrogen-bond donors (Lipinski definition) is 4. The second-order valence-corrected chi connectivity index (χ2v) is 20.5. The monoisotopic (exact) mass is 978 g/mol. The third-order valence-electron chi connectivity index (χ3n) is 12.4. The number of aliphatic hydroxyl groups excluding tert-OH is 1. The molecule has 2 fully saturated rings. The summed E-state index contributed by atoms with van der Waals surface area (Å²) in [6.45, 7) is 13.3. The van der Waals surface area contributed by atoms with Crippen molar-refractivity contribution in [1.29, 1.82) is 0 Å². The lowest BCUT2D eigenvalue weighted by atomic mass is 9.85. The number of amides is 3. The maximum atomic E-state index is 14.0. The quantitative estimate of drug-likeness (QED) is 0.0632. The molecule has 0 aliphatic carbocycles. The van der Waals surface area contributed by atoms with E-state index in [0.29, 0.717) is 31.3 Å². The number of benzene rings is 4. The highest BCUT2D eigenvalue weighted by molar-refractivity contribution is 7.22. The second-order valence-electron chi connectivity index (χ2n) is 18.5. The van der Waals surface area contributed by atoms with Crippen LogP contribution in [0.2, 0.25) is 0 Å². The van der Waals surface area contributed by atoms with Crippen LogP contribution in [-0.4, -0.2) is 131 Å². The summed E-state index contributed by atoms with van der Waals surface area (Å²) >= 11 is 3.05. The highest BCUT2D eigenvalue weighted by Crippen LogP contribution is 2.47. The molecular formula is C52H59FN6O8S2. The number of thiophene rings is 1. The highest BCUT2D eigenvalue weighted by Gasteiger charge is 2.44. The zero-order valence-electron chi connectivity index (χ0n) is 39.3. The molecule has 2 saturated heterocycles. The first-order valence-corrected chi connectivity index (χ1v) is 24.9. The fourth-order valence-electron chi connectivity index (χ4n) is 8.55. The Morgan fingerprint density at radius 2 is 1.52 bits per heavy atom. The molecule has 69 heavy (non-hydrogen) atoms. The van der Waals surface area contributed by atoms with E-state index in [2.05, 4.69) is 25.4 Å². The van der Waals surface area contributed by atoms with Gasteiger partial charge in [0.15, 0.2) is 5.75 Å². The molecule has 4 aromatic carbocycles. The number of aliphatic hydroxyl groups is 1. The fourth-order valence-corrected chi connectivity index (χ4v) is 10.5. The molecule has 2 aliphatic heterocycles. The molecule has 2 aliphatic rings. The Kier molecular flexibility index (Phi) is 15.9. The fraction of sp³-hybridized carbons (Fsp3) is 0.385. The summed E-state index contributed by atoms with van der Waals surface area (Å²) in [5, 5.41) is 27.3. The number of halogens is 1. The number of likely N-dealkylation sites (tertiary alicyclic amines) is 1. The normalized spacial score (nSPS) is 17.2. The van der Waals surface area contributed by atoms with Crippen LogP contribution in [0, 0.1) is 18.2 Å². The number of aromatic nitrogens is 1. The number of ether oxygens (including phenoxy) is 3. The van der Waals surface area contributed by atoms with E-state index in [0.717, 1.165) is 80.7 Å². The van der Waals surface area contributed by atoms with E-state index >= 15 is 0 Å². The van der Waals surface area contributed by atoms with Crippen LogP contribution in [0.5, 0.6) is 23.0 Å². The minimum absolute atomic E-state index is 0.00445. The summed E-state index contributed by atoms with van der Waals surface area (Å²) in [4.78, 5) is 53.0. The minimum atomic E-state index is -0.943. The van der Waals surface area contributed by atoms with Crippen molar-refractivity contribution in [3.8, 4) is 43.9 Å². The number of aryl methyl sites for hydroxylation is 1. The molecule has 3 atom stereocenters. The van der Waals surface area contributed by atoms with E-state index in [9.17, 15) is 29.0 Å². The molecule has 0 saturated carbocycles. The zero-order valence-corrected chi connectivity index (χ0v) is 40.9. The maximum Gasteiger partial charge on any atom is 0.246 e. The first-order chi connectivity index (χ1) is 33.2. The Morgan fingerprint density at radius 1 is 0.870 bits per heavy atom. The number of fused-ring (bicyclic) bond motifs is 1. The molecule has 3 amide bonds. The predicted molar refractivity (Wildman–Crippen MR) is 266 cm³/mol. The number of aromatic hydroxyl groups is 1. The lowest BCUT2D eigenvalue weighted by Gasteiger charge is -2.35. The van der Waals surface area contributed by atoms with Crippen molar-refractivity contribution in [2.75, 3.05) is 65.6 Å². The van der Waals surface area contributed by atoms with E-state index in [4.69, 9.17) is 14.2 Å². The summed E-state index contributed by atoms with van der Waals surface area (Å²) < 4.78 is 32.8. The largest absolute Gasteiger partial charge is 0.508 e. The van der Waals surface area contributed by atoms with Crippen molar-refractivity contribution in [3.05, 3.63) is 114 Å². The highest BCUT2D eigenvalue weighted by atomic mass is 32.1. The van der Waals surface area contributed by atoms with Gasteiger partial charge in [-0.2, -0.15) is 0 Å². The number of β-amino-alcohol motifs (C(OH)–C–C–N with tert-alkyl or cyclic N) is 1. The maximum absolute atomic E-state index is 14.0. The van der Waals surface area contributed by atoms with Gasteiger partial charge in [-0.25, -0.2) is 9.37 Å². The lowest BCUT2D eigenvalue weighted by Crippen LogP contribution is -2.58. The summed E-state index contributed by atoms with van der Waals surface area (Å²) in [7, 11) is 0. The molecule has 17 heteroatoms. The van der Waals surface area contributed by atoms with Crippen molar-refractivity contribution in [1.82, 2.24) is 30.3 Å². The first kappa shape index (κ1) is 49.5. The molecule has 1 unspecified atom stereocenters. The van der Waals surface area contributed by atoms with Crippen LogP contribution in [-0.2, 0) is 25.7 Å². The van der Waals surface area contributed by atoms with Crippen LogP contribution in [0.25, 0.3) is 31.0 Å². The van der Waals surface area contributed by atoms with Gasteiger partial charge in [-0.3, -0.25) is 24.2 Å². The number of carbonyl (C=O) groups excluding carboxylic acids is 3. The van der Waals surface area contributed by atoms with Crippen LogP contribution in [0.1, 0.15) is 38.4 Å². The number of phenols is 1. The average molecular weight is 979 g/mol. The SMILES string of the molecule is Cc1ncsc1-c1ccc(CNC(=O)[C@@H]2C[C@@H](O)CN2C(=O)C(NC(=O)COCCN2CCN(CCOc3ccc(Oc4c(-c5ccc(F)cc5)sc5cc(O)ccc45)cc3)CC2)C(C)(C)C)cc1. The molecular weight excluding hydrogens is 920 g/mol. The van der Waals surface area contributed by atoms with E-state index in [1.54, 1.807) is 35.6 Å². The van der Waals surface area contributed by atoms with E-state index in [1.807, 2.05) is 87.8 Å². The summed E-state index contributed by atoms with van der Waals surface area (Å²) in [6.07, 6.45) is -0.757. The number of rotatable bonds is 18. The zero-order chi connectivity index (χ0) is 48.7. The average Bonchev–Trinajstić information content (AvgIpc) is 4.05. The molecule has 2 aromatic heterocycles. The number of phenolic OH excluding ortho intramolecular Hbond substituents is 1. The number of nitrogens with zero attached hydrogens (tertiary/aromatic N) is 4. The molecule has 364 valence electrons. The van der Waals surface area contributed by atoms with Gasteiger partial charge in [0.05, 0.1) is 33.7 Å². The van der Waals surface area contributed by atoms with Gasteiger partial charge in [0.25, 0.3) is 0 Å². The van der Waals surface area contributed by atoms with Crippen LogP contribution in [0.4, 0.5) is 4.39 Å². The molecule has 8 rings (SSSR count). The predicted octanol–water partition coefficient (Wildman–Crippen LogP) is 7.46. The number of carbonyl (C=O) groups is 3. The van der Waals surface area contributed by atoms with Crippen molar-refractivity contribution >= 4 is 50.5 Å². The van der Waals surface area contributed by atoms with Crippen LogP contribution in [0.3, 0.4) is 0 Å². The molecule has 0 bridgehead atoms. The molecule has 6 aromatic rings. The van der Waals surface area contributed by atoms with Crippen LogP contribution >= 0.6 is 22.7 Å². The smallest absolute Gasteiger partial charge is 0.246 e. The van der Waals surface area contributed by atoms with Gasteiger partial charge in [0, 0.05) is 68.9 Å². The Labute approximate surface area is 409 Å². The molecule has 4 N–H and O–H groups in total. The third kappa shape index (κ3) is 12.6. The number of hydrogen-bond acceptors (Lipinski definition) is 13. The Balaban J connectivity index is 0.734. The number of piperazine rings is 1. The van der Waals surface area contributed by atoms with Gasteiger partial charge in [0.1, 0.15) is 48.4 Å². The molecule has 4 heterocycles. The van der Waals surface area contributed by atoms with Gasteiger partial charge in [-0.05, 0) is 83.6 Å². The summed E-state index contributed by atoms with van der Waals surface area (Å²) in [5.41, 5.74) is 4.87. The van der Waals surface area contributed by atoms with Crippen molar-refractivity contribution in [2.45, 2.75) is 58.8 Å². The van der Waals surface area contributed by atoms with Crippen LogP contribution in [0.15, 0.2) is 96.5 Å². The van der Waals surface area contributed by atoms with Gasteiger partial charge in [0.2, 0.25) is 17.7 Å². The van der Waals surface area contributed by atoms with Gasteiger partial charge >= 0.3 is 0 Å². The van der Waals surface area contributed by atoms with Gasteiger partial charge < -0.3 is 40.0 Å². The molecule has 0 spiro atoms. The molecule has 0 radical (unpaired) electrons. The van der Waals surface area contributed by atoms with E-state index < -0.39 is 35.4 Å². The van der Waals surface area contributed by atoms with E-state index in [-0.39, 0.29) is 43.6 Å². The topological polar surface area (TPSA) is 166 Å². The Hall–Kier alpha value is -5.95. The minimum Gasteiger partial charge on any atom is -0.508 e.